The largest absolute Gasteiger partial charge is 0.489 e. The Balaban J connectivity index is 2.16. The van der Waals surface area contributed by atoms with Crippen molar-refractivity contribution < 1.29 is 4.74 Å². The molecule has 0 saturated carbocycles. The first-order valence-electron chi connectivity index (χ1n) is 6.12. The second-order valence-electron chi connectivity index (χ2n) is 4.68. The number of nitrogen functional groups attached to an aromatic ring is 1. The number of rotatable bonds is 3. The lowest BCUT2D eigenvalue weighted by Crippen LogP contribution is -2.01. The fraction of sp³-hybridized carbons (Fsp3) is 0.250. The molecule has 2 aromatic rings. The van der Waals surface area contributed by atoms with Crippen LogP contribution in [0.25, 0.3) is 0 Å². The van der Waals surface area contributed by atoms with Crippen LogP contribution in [0.3, 0.4) is 0 Å². The summed E-state index contributed by atoms with van der Waals surface area (Å²) in [6, 6.07) is 12.0. The molecular formula is C16H19NO. The van der Waals surface area contributed by atoms with Gasteiger partial charge >= 0.3 is 0 Å². The fourth-order valence-corrected chi connectivity index (χ4v) is 2.06. The molecule has 0 heterocycles. The maximum Gasteiger partial charge on any atom is 0.122 e. The molecule has 94 valence electrons. The molecule has 0 fully saturated rings. The molecule has 2 N–H and O–H groups in total. The van der Waals surface area contributed by atoms with Gasteiger partial charge in [0.25, 0.3) is 0 Å². The summed E-state index contributed by atoms with van der Waals surface area (Å²) in [5.41, 5.74) is 11.4. The van der Waals surface area contributed by atoms with Crippen LogP contribution in [0, 0.1) is 20.8 Å². The molecule has 0 amide bonds. The highest BCUT2D eigenvalue weighted by molar-refractivity contribution is 5.47. The zero-order chi connectivity index (χ0) is 13.1. The van der Waals surface area contributed by atoms with Crippen molar-refractivity contribution in [3.63, 3.8) is 0 Å². The number of hydrogen-bond donors (Lipinski definition) is 1. The van der Waals surface area contributed by atoms with Gasteiger partial charge in [-0.2, -0.15) is 0 Å². The standard InChI is InChI=1S/C16H19NO/c1-11-5-4-6-12(2)15(11)10-18-16-8-7-14(17)9-13(16)3/h4-9H,10,17H2,1-3H3. The van der Waals surface area contributed by atoms with E-state index in [2.05, 4.69) is 32.0 Å². The molecule has 2 aromatic carbocycles. The summed E-state index contributed by atoms with van der Waals surface area (Å²) in [7, 11) is 0. The van der Waals surface area contributed by atoms with Crippen LogP contribution in [0.5, 0.6) is 5.75 Å². The summed E-state index contributed by atoms with van der Waals surface area (Å²) in [6.45, 7) is 6.84. The molecule has 0 aliphatic heterocycles. The quantitative estimate of drug-likeness (QED) is 0.830. The van der Waals surface area contributed by atoms with Crippen LogP contribution in [-0.2, 0) is 6.61 Å². The zero-order valence-electron chi connectivity index (χ0n) is 11.2. The van der Waals surface area contributed by atoms with Gasteiger partial charge in [0, 0.05) is 5.69 Å². The predicted octanol–water partition coefficient (Wildman–Crippen LogP) is 3.77. The van der Waals surface area contributed by atoms with Gasteiger partial charge in [0.1, 0.15) is 12.4 Å². The zero-order valence-corrected chi connectivity index (χ0v) is 11.2. The number of anilines is 1. The van der Waals surface area contributed by atoms with Crippen molar-refractivity contribution in [2.24, 2.45) is 0 Å². The molecule has 0 aromatic heterocycles. The van der Waals surface area contributed by atoms with Crippen molar-refractivity contribution in [2.75, 3.05) is 5.73 Å². The van der Waals surface area contributed by atoms with Gasteiger partial charge in [0.15, 0.2) is 0 Å². The molecule has 2 rings (SSSR count). The Hall–Kier alpha value is -1.96. The van der Waals surface area contributed by atoms with Crippen LogP contribution in [-0.4, -0.2) is 0 Å². The first kappa shape index (κ1) is 12.5. The SMILES string of the molecule is Cc1cc(N)ccc1OCc1c(C)cccc1C. The van der Waals surface area contributed by atoms with E-state index in [1.165, 1.54) is 16.7 Å². The molecule has 0 bridgehead atoms. The molecule has 2 heteroatoms. The van der Waals surface area contributed by atoms with Gasteiger partial charge in [-0.25, -0.2) is 0 Å². The predicted molar refractivity (Wildman–Crippen MR) is 75.8 cm³/mol. The van der Waals surface area contributed by atoms with Crippen LogP contribution < -0.4 is 10.5 Å². The third-order valence-electron chi connectivity index (χ3n) is 3.22. The minimum Gasteiger partial charge on any atom is -0.489 e. The minimum atomic E-state index is 0.600. The second kappa shape index (κ2) is 5.13. The van der Waals surface area contributed by atoms with E-state index in [1.807, 2.05) is 25.1 Å². The number of aryl methyl sites for hydroxylation is 3. The van der Waals surface area contributed by atoms with E-state index in [0.29, 0.717) is 6.61 Å². The lowest BCUT2D eigenvalue weighted by Gasteiger charge is -2.13. The molecule has 0 atom stereocenters. The van der Waals surface area contributed by atoms with Gasteiger partial charge in [-0.1, -0.05) is 18.2 Å². The third kappa shape index (κ3) is 2.65. The van der Waals surface area contributed by atoms with E-state index < -0.39 is 0 Å². The summed E-state index contributed by atoms with van der Waals surface area (Å²) >= 11 is 0. The Labute approximate surface area is 108 Å². The Morgan fingerprint density at radius 2 is 1.61 bits per heavy atom. The smallest absolute Gasteiger partial charge is 0.122 e. The van der Waals surface area contributed by atoms with Crippen LogP contribution in [0.1, 0.15) is 22.3 Å². The van der Waals surface area contributed by atoms with Crippen molar-refractivity contribution in [1.29, 1.82) is 0 Å². The lowest BCUT2D eigenvalue weighted by molar-refractivity contribution is 0.302. The van der Waals surface area contributed by atoms with Crippen LogP contribution >= 0.6 is 0 Å². The minimum absolute atomic E-state index is 0.600. The van der Waals surface area contributed by atoms with Crippen molar-refractivity contribution >= 4 is 5.69 Å². The van der Waals surface area contributed by atoms with E-state index in [-0.39, 0.29) is 0 Å². The highest BCUT2D eigenvalue weighted by atomic mass is 16.5. The summed E-state index contributed by atoms with van der Waals surface area (Å²) in [4.78, 5) is 0. The van der Waals surface area contributed by atoms with Gasteiger partial charge in [-0.15, -0.1) is 0 Å². The van der Waals surface area contributed by atoms with E-state index in [9.17, 15) is 0 Å². The van der Waals surface area contributed by atoms with E-state index >= 15 is 0 Å². The van der Waals surface area contributed by atoms with Crippen LogP contribution in [0.2, 0.25) is 0 Å². The van der Waals surface area contributed by atoms with Gasteiger partial charge in [-0.3, -0.25) is 0 Å². The average molecular weight is 241 g/mol. The molecular weight excluding hydrogens is 222 g/mol. The normalized spacial score (nSPS) is 10.4. The molecule has 0 radical (unpaired) electrons. The molecule has 0 spiro atoms. The van der Waals surface area contributed by atoms with Crippen LogP contribution in [0.4, 0.5) is 5.69 Å². The van der Waals surface area contributed by atoms with E-state index in [4.69, 9.17) is 10.5 Å². The first-order chi connectivity index (χ1) is 8.58. The highest BCUT2D eigenvalue weighted by Gasteiger charge is 2.05. The summed E-state index contributed by atoms with van der Waals surface area (Å²) in [6.07, 6.45) is 0. The molecule has 0 aliphatic carbocycles. The highest BCUT2D eigenvalue weighted by Crippen LogP contribution is 2.22. The number of benzene rings is 2. The van der Waals surface area contributed by atoms with Crippen molar-refractivity contribution in [3.05, 3.63) is 58.7 Å². The molecule has 18 heavy (non-hydrogen) atoms. The number of hydrogen-bond acceptors (Lipinski definition) is 2. The topological polar surface area (TPSA) is 35.2 Å². The van der Waals surface area contributed by atoms with Gasteiger partial charge in [0.2, 0.25) is 0 Å². The monoisotopic (exact) mass is 241 g/mol. The van der Waals surface area contributed by atoms with Crippen molar-refractivity contribution in [1.82, 2.24) is 0 Å². The summed E-state index contributed by atoms with van der Waals surface area (Å²) in [5, 5.41) is 0. The first-order valence-corrected chi connectivity index (χ1v) is 6.12. The molecule has 2 nitrogen and oxygen atoms in total. The Kier molecular flexibility index (Phi) is 3.56. The van der Waals surface area contributed by atoms with Crippen molar-refractivity contribution in [3.8, 4) is 5.75 Å². The number of nitrogens with two attached hydrogens (primary N) is 1. The molecule has 0 saturated heterocycles. The summed E-state index contributed by atoms with van der Waals surface area (Å²) in [5.74, 6) is 0.895. The van der Waals surface area contributed by atoms with Gasteiger partial charge in [0.05, 0.1) is 0 Å². The van der Waals surface area contributed by atoms with E-state index in [1.54, 1.807) is 0 Å². The Morgan fingerprint density at radius 3 is 2.22 bits per heavy atom. The average Bonchev–Trinajstić information content (AvgIpc) is 2.31. The van der Waals surface area contributed by atoms with Crippen LogP contribution in [0.15, 0.2) is 36.4 Å². The fourth-order valence-electron chi connectivity index (χ4n) is 2.06. The lowest BCUT2D eigenvalue weighted by atomic mass is 10.0. The number of ether oxygens (including phenoxy) is 1. The Bertz CT molecular complexity index is 541. The van der Waals surface area contributed by atoms with Crippen molar-refractivity contribution in [2.45, 2.75) is 27.4 Å². The maximum absolute atomic E-state index is 5.88. The summed E-state index contributed by atoms with van der Waals surface area (Å²) < 4.78 is 5.88. The molecule has 0 unspecified atom stereocenters. The maximum atomic E-state index is 5.88. The molecule has 0 aliphatic rings. The Morgan fingerprint density at radius 1 is 0.944 bits per heavy atom. The van der Waals surface area contributed by atoms with E-state index in [0.717, 1.165) is 17.0 Å². The van der Waals surface area contributed by atoms with Gasteiger partial charge in [-0.05, 0) is 61.2 Å². The second-order valence-corrected chi connectivity index (χ2v) is 4.68. The third-order valence-corrected chi connectivity index (χ3v) is 3.22. The van der Waals surface area contributed by atoms with Gasteiger partial charge < -0.3 is 10.5 Å².